The van der Waals surface area contributed by atoms with E-state index in [9.17, 15) is 4.79 Å². The Hall–Kier alpha value is -2.76. The number of hydrazone groups is 1. The van der Waals surface area contributed by atoms with Gasteiger partial charge in [-0.3, -0.25) is 4.79 Å². The number of carbonyl (C=O) groups is 1. The molecule has 1 aromatic carbocycles. The molecule has 0 atom stereocenters. The molecule has 116 valence electrons. The van der Waals surface area contributed by atoms with Crippen molar-refractivity contribution in [1.29, 1.82) is 0 Å². The average molecular weight is 301 g/mol. The van der Waals surface area contributed by atoms with Crippen LogP contribution < -0.4 is 15.1 Å². The van der Waals surface area contributed by atoms with Gasteiger partial charge in [-0.1, -0.05) is 12.1 Å². The van der Waals surface area contributed by atoms with Crippen molar-refractivity contribution < 1.29 is 13.9 Å². The van der Waals surface area contributed by atoms with Crippen molar-refractivity contribution in [3.63, 3.8) is 0 Å². The molecule has 6 heteroatoms. The van der Waals surface area contributed by atoms with Gasteiger partial charge in [0.2, 0.25) is 5.91 Å². The molecular formula is C16H19N3O3. The van der Waals surface area contributed by atoms with Gasteiger partial charge in [-0.25, -0.2) is 5.43 Å². The van der Waals surface area contributed by atoms with E-state index in [0.717, 1.165) is 17.2 Å². The topological polar surface area (TPSA) is 67.1 Å². The molecule has 2 rings (SSSR count). The van der Waals surface area contributed by atoms with Gasteiger partial charge in [-0.15, -0.1) is 0 Å². The number of methoxy groups -OCH3 is 1. The molecule has 22 heavy (non-hydrogen) atoms. The van der Waals surface area contributed by atoms with E-state index >= 15 is 0 Å². The molecule has 0 radical (unpaired) electrons. The lowest BCUT2D eigenvalue weighted by Crippen LogP contribution is -2.19. The lowest BCUT2D eigenvalue weighted by Gasteiger charge is -2.05. The molecule has 0 fully saturated rings. The van der Waals surface area contributed by atoms with Crippen LogP contribution in [0.4, 0.5) is 5.88 Å². The lowest BCUT2D eigenvalue weighted by molar-refractivity contribution is -0.120. The van der Waals surface area contributed by atoms with Crippen LogP contribution in [0.15, 0.2) is 45.9 Å². The van der Waals surface area contributed by atoms with E-state index in [1.807, 2.05) is 49.3 Å². The summed E-state index contributed by atoms with van der Waals surface area (Å²) in [6.45, 7) is 0. The van der Waals surface area contributed by atoms with Crippen molar-refractivity contribution in [2.75, 3.05) is 26.1 Å². The second kappa shape index (κ2) is 7.31. The van der Waals surface area contributed by atoms with Crippen LogP contribution in [0, 0.1) is 0 Å². The van der Waals surface area contributed by atoms with Crippen LogP contribution >= 0.6 is 0 Å². The standard InChI is InChI=1S/C16H19N3O3/c1-19(2)16-8-7-14(22-16)11-17-18-15(20)10-12-5-4-6-13(9-12)21-3/h4-9,11H,10H2,1-3H3,(H,18,20)/b17-11+. The summed E-state index contributed by atoms with van der Waals surface area (Å²) < 4.78 is 10.6. The normalized spacial score (nSPS) is 10.7. The number of hydrogen-bond donors (Lipinski definition) is 1. The molecule has 1 N–H and O–H groups in total. The highest BCUT2D eigenvalue weighted by Crippen LogP contribution is 2.14. The largest absolute Gasteiger partial charge is 0.497 e. The van der Waals surface area contributed by atoms with Crippen molar-refractivity contribution in [3.8, 4) is 5.75 Å². The Kier molecular flexibility index (Phi) is 5.19. The zero-order valence-corrected chi connectivity index (χ0v) is 12.9. The molecule has 0 aliphatic heterocycles. The highest BCUT2D eigenvalue weighted by molar-refractivity contribution is 5.82. The van der Waals surface area contributed by atoms with Crippen LogP contribution in [0.3, 0.4) is 0 Å². The van der Waals surface area contributed by atoms with Crippen molar-refractivity contribution in [3.05, 3.63) is 47.7 Å². The van der Waals surface area contributed by atoms with Gasteiger partial charge < -0.3 is 14.1 Å². The SMILES string of the molecule is COc1cccc(CC(=O)N/N=C/c2ccc(N(C)C)o2)c1. The van der Waals surface area contributed by atoms with Gasteiger partial charge in [-0.05, 0) is 23.8 Å². The molecule has 0 saturated heterocycles. The number of carbonyl (C=O) groups excluding carboxylic acids is 1. The summed E-state index contributed by atoms with van der Waals surface area (Å²) >= 11 is 0. The summed E-state index contributed by atoms with van der Waals surface area (Å²) in [5.41, 5.74) is 3.33. The Bertz CT molecular complexity index is 662. The summed E-state index contributed by atoms with van der Waals surface area (Å²) in [6, 6.07) is 11.0. The first kappa shape index (κ1) is 15.6. The van der Waals surface area contributed by atoms with Gasteiger partial charge >= 0.3 is 0 Å². The lowest BCUT2D eigenvalue weighted by atomic mass is 10.1. The predicted molar refractivity (Wildman–Crippen MR) is 85.5 cm³/mol. The number of nitrogens with one attached hydrogen (secondary N) is 1. The number of ether oxygens (including phenoxy) is 1. The average Bonchev–Trinajstić information content (AvgIpc) is 2.96. The maximum absolute atomic E-state index is 11.8. The Morgan fingerprint density at radius 3 is 2.86 bits per heavy atom. The number of rotatable bonds is 6. The highest BCUT2D eigenvalue weighted by Gasteiger charge is 2.04. The first-order valence-corrected chi connectivity index (χ1v) is 6.80. The monoisotopic (exact) mass is 301 g/mol. The zero-order valence-electron chi connectivity index (χ0n) is 12.9. The third-order valence-corrected chi connectivity index (χ3v) is 2.93. The number of benzene rings is 1. The van der Waals surface area contributed by atoms with Crippen LogP contribution in [0.5, 0.6) is 5.75 Å². The van der Waals surface area contributed by atoms with Crippen LogP contribution in [0.25, 0.3) is 0 Å². The van der Waals surface area contributed by atoms with Gasteiger partial charge in [0.1, 0.15) is 11.5 Å². The zero-order chi connectivity index (χ0) is 15.9. The summed E-state index contributed by atoms with van der Waals surface area (Å²) in [7, 11) is 5.36. The fraction of sp³-hybridized carbons (Fsp3) is 0.250. The molecule has 2 aromatic rings. The molecule has 6 nitrogen and oxygen atoms in total. The summed E-state index contributed by atoms with van der Waals surface area (Å²) in [5, 5.41) is 3.88. The predicted octanol–water partition coefficient (Wildman–Crippen LogP) is 2.05. The molecule has 0 aliphatic rings. The van der Waals surface area contributed by atoms with Crippen LogP contribution in [-0.4, -0.2) is 33.3 Å². The second-order valence-corrected chi connectivity index (χ2v) is 4.89. The maximum atomic E-state index is 11.8. The van der Waals surface area contributed by atoms with Gasteiger partial charge in [0.15, 0.2) is 5.88 Å². The van der Waals surface area contributed by atoms with Crippen molar-refractivity contribution in [1.82, 2.24) is 5.43 Å². The molecule has 0 saturated carbocycles. The maximum Gasteiger partial charge on any atom is 0.244 e. The first-order chi connectivity index (χ1) is 10.6. The number of amides is 1. The fourth-order valence-electron chi connectivity index (χ4n) is 1.83. The quantitative estimate of drug-likeness (QED) is 0.655. The van der Waals surface area contributed by atoms with Crippen LogP contribution in [0.2, 0.25) is 0 Å². The first-order valence-electron chi connectivity index (χ1n) is 6.80. The van der Waals surface area contributed by atoms with Gasteiger partial charge in [0.25, 0.3) is 0 Å². The summed E-state index contributed by atoms with van der Waals surface area (Å²) in [6.07, 6.45) is 1.70. The Morgan fingerprint density at radius 2 is 2.18 bits per heavy atom. The van der Waals surface area contributed by atoms with E-state index < -0.39 is 0 Å². The molecule has 0 bridgehead atoms. The molecule has 1 heterocycles. The second-order valence-electron chi connectivity index (χ2n) is 4.89. The van der Waals surface area contributed by atoms with Crippen LogP contribution in [0.1, 0.15) is 11.3 Å². The van der Waals surface area contributed by atoms with E-state index in [1.54, 1.807) is 13.2 Å². The van der Waals surface area contributed by atoms with E-state index in [0.29, 0.717) is 5.76 Å². The smallest absolute Gasteiger partial charge is 0.244 e. The Labute approximate surface area is 129 Å². The molecule has 1 aromatic heterocycles. The van der Waals surface area contributed by atoms with Gasteiger partial charge in [0.05, 0.1) is 19.7 Å². The van der Waals surface area contributed by atoms with Crippen molar-refractivity contribution in [2.24, 2.45) is 5.10 Å². The molecule has 0 aliphatic carbocycles. The molecule has 0 spiro atoms. The fourth-order valence-corrected chi connectivity index (χ4v) is 1.83. The third-order valence-electron chi connectivity index (χ3n) is 2.93. The van der Waals surface area contributed by atoms with E-state index in [4.69, 9.17) is 9.15 Å². The van der Waals surface area contributed by atoms with Crippen LogP contribution in [-0.2, 0) is 11.2 Å². The molecule has 1 amide bonds. The van der Waals surface area contributed by atoms with Crippen molar-refractivity contribution in [2.45, 2.75) is 6.42 Å². The minimum Gasteiger partial charge on any atom is -0.497 e. The summed E-state index contributed by atoms with van der Waals surface area (Å²) in [5.74, 6) is 1.82. The minimum atomic E-state index is -0.205. The number of nitrogens with zero attached hydrogens (tertiary/aromatic N) is 2. The number of furan rings is 1. The third kappa shape index (κ3) is 4.37. The Balaban J connectivity index is 1.87. The minimum absolute atomic E-state index is 0.205. The van der Waals surface area contributed by atoms with E-state index in [-0.39, 0.29) is 12.3 Å². The molecule has 0 unspecified atom stereocenters. The van der Waals surface area contributed by atoms with Crippen molar-refractivity contribution >= 4 is 18.0 Å². The van der Waals surface area contributed by atoms with Gasteiger partial charge in [-0.2, -0.15) is 5.10 Å². The van der Waals surface area contributed by atoms with Gasteiger partial charge in [0, 0.05) is 20.2 Å². The summed E-state index contributed by atoms with van der Waals surface area (Å²) in [4.78, 5) is 13.7. The molecular weight excluding hydrogens is 282 g/mol. The Morgan fingerprint density at radius 1 is 1.36 bits per heavy atom. The van der Waals surface area contributed by atoms with E-state index in [1.165, 1.54) is 6.21 Å². The number of anilines is 1. The highest BCUT2D eigenvalue weighted by atomic mass is 16.5. The number of hydrogen-bond acceptors (Lipinski definition) is 5. The van der Waals surface area contributed by atoms with E-state index in [2.05, 4.69) is 10.5 Å².